The summed E-state index contributed by atoms with van der Waals surface area (Å²) in [6, 6.07) is 4.80. The lowest BCUT2D eigenvalue weighted by molar-refractivity contribution is 0.0640. The summed E-state index contributed by atoms with van der Waals surface area (Å²) in [7, 11) is -2.25. The fraction of sp³-hybridized carbons (Fsp3) is 0.500. The van der Waals surface area contributed by atoms with Crippen LogP contribution in [0.3, 0.4) is 0 Å². The van der Waals surface area contributed by atoms with Crippen molar-refractivity contribution in [3.8, 4) is 0 Å². The Labute approximate surface area is 108 Å². The maximum atomic E-state index is 12.3. The topological polar surface area (TPSA) is 83.6 Å². The van der Waals surface area contributed by atoms with Gasteiger partial charge in [0.1, 0.15) is 4.90 Å². The number of aliphatic hydroxyl groups is 1. The highest BCUT2D eigenvalue weighted by Gasteiger charge is 2.27. The molecule has 5 nitrogen and oxygen atoms in total. The molecule has 0 spiro atoms. The molecule has 0 bridgehead atoms. The quantitative estimate of drug-likeness (QED) is 0.800. The van der Waals surface area contributed by atoms with Gasteiger partial charge in [0.25, 0.3) is 0 Å². The van der Waals surface area contributed by atoms with E-state index in [0.717, 1.165) is 9.87 Å². The first-order valence-corrected chi connectivity index (χ1v) is 7.03. The Morgan fingerprint density at radius 3 is 2.39 bits per heavy atom. The summed E-state index contributed by atoms with van der Waals surface area (Å²) in [5.41, 5.74) is 5.76. The van der Waals surface area contributed by atoms with Crippen LogP contribution in [0.4, 0.5) is 5.69 Å². The predicted octanol–water partition coefficient (Wildman–Crippen LogP) is 0.969. The summed E-state index contributed by atoms with van der Waals surface area (Å²) >= 11 is 0. The van der Waals surface area contributed by atoms with Crippen LogP contribution in [0.1, 0.15) is 19.4 Å². The Bertz CT molecular complexity index is 533. The number of benzene rings is 1. The third-order valence-electron chi connectivity index (χ3n) is 2.46. The number of anilines is 1. The van der Waals surface area contributed by atoms with Crippen LogP contribution in [0.25, 0.3) is 0 Å². The first kappa shape index (κ1) is 14.9. The van der Waals surface area contributed by atoms with Crippen molar-refractivity contribution in [1.29, 1.82) is 0 Å². The van der Waals surface area contributed by atoms with Gasteiger partial charge >= 0.3 is 0 Å². The van der Waals surface area contributed by atoms with Gasteiger partial charge in [0.05, 0.1) is 11.3 Å². The number of nitrogen functional groups attached to an aromatic ring is 1. The number of nitrogens with zero attached hydrogens (tertiary/aromatic N) is 1. The van der Waals surface area contributed by atoms with Crippen LogP contribution >= 0.6 is 0 Å². The number of sulfonamides is 1. The number of nitrogens with two attached hydrogens (primary N) is 1. The summed E-state index contributed by atoms with van der Waals surface area (Å²) in [4.78, 5) is 0.0693. The molecule has 1 aromatic carbocycles. The minimum Gasteiger partial charge on any atom is -0.398 e. The van der Waals surface area contributed by atoms with E-state index in [-0.39, 0.29) is 17.1 Å². The molecule has 18 heavy (non-hydrogen) atoms. The van der Waals surface area contributed by atoms with Crippen molar-refractivity contribution >= 4 is 15.7 Å². The van der Waals surface area contributed by atoms with Gasteiger partial charge in [-0.25, -0.2) is 8.42 Å². The van der Waals surface area contributed by atoms with E-state index in [9.17, 15) is 13.5 Å². The second kappa shape index (κ2) is 4.87. The predicted molar refractivity (Wildman–Crippen MR) is 71.7 cm³/mol. The maximum Gasteiger partial charge on any atom is 0.244 e. The van der Waals surface area contributed by atoms with E-state index in [1.165, 1.54) is 13.1 Å². The highest BCUT2D eigenvalue weighted by Crippen LogP contribution is 2.23. The maximum absolute atomic E-state index is 12.3. The fourth-order valence-electron chi connectivity index (χ4n) is 1.70. The second-order valence-electron chi connectivity index (χ2n) is 5.11. The molecule has 1 aromatic rings. The molecule has 0 aromatic heterocycles. The summed E-state index contributed by atoms with van der Waals surface area (Å²) in [6.45, 7) is 4.95. The van der Waals surface area contributed by atoms with Gasteiger partial charge < -0.3 is 10.8 Å². The molecule has 0 heterocycles. The van der Waals surface area contributed by atoms with Crippen LogP contribution < -0.4 is 5.73 Å². The van der Waals surface area contributed by atoms with Crippen LogP contribution in [0.15, 0.2) is 23.1 Å². The van der Waals surface area contributed by atoms with Gasteiger partial charge in [0, 0.05) is 13.6 Å². The lowest BCUT2D eigenvalue weighted by Crippen LogP contribution is -2.39. The van der Waals surface area contributed by atoms with Crippen molar-refractivity contribution in [1.82, 2.24) is 4.31 Å². The Balaban J connectivity index is 3.14. The van der Waals surface area contributed by atoms with Crippen LogP contribution in [0.2, 0.25) is 0 Å². The van der Waals surface area contributed by atoms with Crippen molar-refractivity contribution in [2.75, 3.05) is 19.3 Å². The minimum absolute atomic E-state index is 0.00263. The van der Waals surface area contributed by atoms with Crippen molar-refractivity contribution in [3.05, 3.63) is 23.8 Å². The molecular formula is C12H20N2O3S. The highest BCUT2D eigenvalue weighted by atomic mass is 32.2. The third-order valence-corrected chi connectivity index (χ3v) is 4.34. The van der Waals surface area contributed by atoms with Crippen LogP contribution in [-0.2, 0) is 10.0 Å². The average Bonchev–Trinajstić information content (AvgIpc) is 2.13. The summed E-state index contributed by atoms with van der Waals surface area (Å²) in [5.74, 6) is 0. The normalized spacial score (nSPS) is 13.0. The van der Waals surface area contributed by atoms with E-state index in [1.807, 2.05) is 6.92 Å². The van der Waals surface area contributed by atoms with Crippen LogP contribution in [0, 0.1) is 6.92 Å². The smallest absolute Gasteiger partial charge is 0.244 e. The molecular weight excluding hydrogens is 252 g/mol. The van der Waals surface area contributed by atoms with E-state index in [1.54, 1.807) is 26.0 Å². The molecule has 0 aliphatic heterocycles. The van der Waals surface area contributed by atoms with Gasteiger partial charge in [-0.3, -0.25) is 0 Å². The zero-order valence-corrected chi connectivity index (χ0v) is 12.0. The molecule has 1 rings (SSSR count). The van der Waals surface area contributed by atoms with Gasteiger partial charge in [-0.1, -0.05) is 6.07 Å². The number of hydrogen-bond donors (Lipinski definition) is 2. The first-order valence-electron chi connectivity index (χ1n) is 5.59. The monoisotopic (exact) mass is 272 g/mol. The largest absolute Gasteiger partial charge is 0.398 e. The van der Waals surface area contributed by atoms with Gasteiger partial charge in [0.2, 0.25) is 10.0 Å². The third kappa shape index (κ3) is 3.44. The fourth-order valence-corrected chi connectivity index (χ4v) is 3.12. The van der Waals surface area contributed by atoms with Gasteiger partial charge in [-0.05, 0) is 38.5 Å². The number of aryl methyl sites for hydroxylation is 1. The summed E-state index contributed by atoms with van der Waals surface area (Å²) < 4.78 is 25.7. The molecule has 0 saturated carbocycles. The lowest BCUT2D eigenvalue weighted by Gasteiger charge is -2.25. The highest BCUT2D eigenvalue weighted by molar-refractivity contribution is 7.89. The Morgan fingerprint density at radius 2 is 1.94 bits per heavy atom. The summed E-state index contributed by atoms with van der Waals surface area (Å²) in [5, 5.41) is 9.67. The zero-order chi connectivity index (χ0) is 14.1. The molecule has 0 aliphatic carbocycles. The Kier molecular flexibility index (Phi) is 4.05. The average molecular weight is 272 g/mol. The van der Waals surface area contributed by atoms with E-state index in [4.69, 9.17) is 5.73 Å². The number of likely N-dealkylation sites (N-methyl/N-ethyl adjacent to an activating group) is 1. The number of hydrogen-bond acceptors (Lipinski definition) is 4. The summed E-state index contributed by atoms with van der Waals surface area (Å²) in [6.07, 6.45) is 0. The molecule has 0 amide bonds. The number of rotatable bonds is 4. The second-order valence-corrected chi connectivity index (χ2v) is 7.13. The standard InChI is InChI=1S/C12H20N2O3S/c1-9-5-6-11(10(13)7-9)18(16,17)14(4)8-12(2,3)15/h5-7,15H,8,13H2,1-4H3. The van der Waals surface area contributed by atoms with Crippen molar-refractivity contribution in [3.63, 3.8) is 0 Å². The van der Waals surface area contributed by atoms with Crippen molar-refractivity contribution in [2.24, 2.45) is 0 Å². The molecule has 0 atom stereocenters. The van der Waals surface area contributed by atoms with E-state index in [0.29, 0.717) is 0 Å². The van der Waals surface area contributed by atoms with E-state index < -0.39 is 15.6 Å². The molecule has 102 valence electrons. The Hall–Kier alpha value is -1.11. The lowest BCUT2D eigenvalue weighted by atomic mass is 10.1. The van der Waals surface area contributed by atoms with Crippen molar-refractivity contribution < 1.29 is 13.5 Å². The van der Waals surface area contributed by atoms with Gasteiger partial charge in [0.15, 0.2) is 0 Å². The molecule has 0 unspecified atom stereocenters. The van der Waals surface area contributed by atoms with Crippen LogP contribution in [0.5, 0.6) is 0 Å². The first-order chi connectivity index (χ1) is 8.04. The molecule has 3 N–H and O–H groups in total. The van der Waals surface area contributed by atoms with E-state index >= 15 is 0 Å². The zero-order valence-electron chi connectivity index (χ0n) is 11.1. The van der Waals surface area contributed by atoms with E-state index in [2.05, 4.69) is 0 Å². The Morgan fingerprint density at radius 1 is 1.39 bits per heavy atom. The molecule has 6 heteroatoms. The molecule has 0 fully saturated rings. The molecule has 0 aliphatic rings. The SMILES string of the molecule is Cc1ccc(S(=O)(=O)N(C)CC(C)(C)O)c(N)c1. The molecule has 0 radical (unpaired) electrons. The minimum atomic E-state index is -3.67. The molecule has 0 saturated heterocycles. The van der Waals surface area contributed by atoms with Gasteiger partial charge in [-0.2, -0.15) is 4.31 Å². The van der Waals surface area contributed by atoms with Crippen LogP contribution in [-0.4, -0.2) is 37.0 Å². The van der Waals surface area contributed by atoms with Gasteiger partial charge in [-0.15, -0.1) is 0 Å². The van der Waals surface area contributed by atoms with Crippen molar-refractivity contribution in [2.45, 2.75) is 31.3 Å².